The summed E-state index contributed by atoms with van der Waals surface area (Å²) in [6.45, 7) is 6.44. The summed E-state index contributed by atoms with van der Waals surface area (Å²) in [5.74, 6) is 0.237. The number of halogens is 1. The van der Waals surface area contributed by atoms with Crippen LogP contribution in [0.15, 0.2) is 77.7 Å². The zero-order chi connectivity index (χ0) is 27.1. The number of sulfonamides is 1. The highest BCUT2D eigenvalue weighted by Gasteiger charge is 2.27. The number of nitrogens with one attached hydrogen (secondary N) is 1. The van der Waals surface area contributed by atoms with E-state index in [0.717, 1.165) is 28.6 Å². The first-order valence-electron chi connectivity index (χ1n) is 12.9. The first-order chi connectivity index (χ1) is 18.3. The number of nitrogens with zero attached hydrogens (tertiary/aromatic N) is 2. The minimum atomic E-state index is -4.11. The minimum Gasteiger partial charge on any atom is -0.494 e. The Morgan fingerprint density at radius 3 is 2.37 bits per heavy atom. The standard InChI is InChI=1S/C29H34FN3O4S/c1-3-37-27-14-16-28(17-15-27)38(35,36)33(26-12-8-24(30)9-13-26)21-29(34)31-19-23-6-10-25(11-7-23)32-18-4-5-22(2)20-32/h6-17,22H,3-5,18-21H2,1-2H3,(H,31,34). The predicted molar refractivity (Wildman–Crippen MR) is 147 cm³/mol. The lowest BCUT2D eigenvalue weighted by Crippen LogP contribution is -2.40. The number of benzene rings is 3. The molecule has 1 atom stereocenters. The molecule has 1 heterocycles. The molecule has 7 nitrogen and oxygen atoms in total. The second kappa shape index (κ2) is 12.3. The van der Waals surface area contributed by atoms with E-state index in [4.69, 9.17) is 4.74 Å². The third-order valence-electron chi connectivity index (χ3n) is 6.57. The van der Waals surface area contributed by atoms with Gasteiger partial charge in [-0.2, -0.15) is 0 Å². The van der Waals surface area contributed by atoms with Crippen LogP contribution in [-0.2, 0) is 21.4 Å². The molecule has 0 spiro atoms. The molecular weight excluding hydrogens is 505 g/mol. The number of carbonyl (C=O) groups is 1. The number of piperidine rings is 1. The van der Waals surface area contributed by atoms with Crippen molar-refractivity contribution in [1.29, 1.82) is 0 Å². The molecule has 1 aliphatic heterocycles. The molecule has 9 heteroatoms. The van der Waals surface area contributed by atoms with E-state index in [0.29, 0.717) is 18.3 Å². The van der Waals surface area contributed by atoms with Crippen molar-refractivity contribution in [3.05, 3.63) is 84.2 Å². The van der Waals surface area contributed by atoms with Crippen LogP contribution in [0.25, 0.3) is 0 Å². The maximum absolute atomic E-state index is 13.6. The Labute approximate surface area is 224 Å². The summed E-state index contributed by atoms with van der Waals surface area (Å²) in [6, 6.07) is 19.1. The molecule has 38 heavy (non-hydrogen) atoms. The Hall–Kier alpha value is -3.59. The Bertz CT molecular complexity index is 1310. The van der Waals surface area contributed by atoms with Crippen molar-refractivity contribution < 1.29 is 22.3 Å². The zero-order valence-corrected chi connectivity index (χ0v) is 22.6. The van der Waals surface area contributed by atoms with Crippen LogP contribution in [0.1, 0.15) is 32.3 Å². The maximum Gasteiger partial charge on any atom is 0.264 e. The van der Waals surface area contributed by atoms with Crippen molar-refractivity contribution in [3.8, 4) is 5.75 Å². The molecule has 4 rings (SSSR count). The lowest BCUT2D eigenvalue weighted by Gasteiger charge is -2.32. The van der Waals surface area contributed by atoms with Crippen LogP contribution in [0, 0.1) is 11.7 Å². The zero-order valence-electron chi connectivity index (χ0n) is 21.8. The molecule has 202 valence electrons. The number of hydrogen-bond acceptors (Lipinski definition) is 5. The summed E-state index contributed by atoms with van der Waals surface area (Å²) in [6.07, 6.45) is 2.44. The Kier molecular flexibility index (Phi) is 8.89. The Morgan fingerprint density at radius 2 is 1.74 bits per heavy atom. The molecule has 1 saturated heterocycles. The number of rotatable bonds is 10. The van der Waals surface area contributed by atoms with Gasteiger partial charge in [0.15, 0.2) is 0 Å². The second-order valence-corrected chi connectivity index (χ2v) is 11.4. The van der Waals surface area contributed by atoms with Crippen LogP contribution in [0.5, 0.6) is 5.75 Å². The van der Waals surface area contributed by atoms with Crippen molar-refractivity contribution >= 4 is 27.3 Å². The van der Waals surface area contributed by atoms with Crippen LogP contribution < -0.4 is 19.3 Å². The van der Waals surface area contributed by atoms with Gasteiger partial charge in [0.05, 0.1) is 17.2 Å². The fourth-order valence-electron chi connectivity index (χ4n) is 4.56. The lowest BCUT2D eigenvalue weighted by molar-refractivity contribution is -0.119. The summed E-state index contributed by atoms with van der Waals surface area (Å²) in [7, 11) is -4.11. The van der Waals surface area contributed by atoms with Crippen molar-refractivity contribution in [2.24, 2.45) is 5.92 Å². The predicted octanol–water partition coefficient (Wildman–Crippen LogP) is 4.97. The average Bonchev–Trinajstić information content (AvgIpc) is 2.92. The third-order valence-corrected chi connectivity index (χ3v) is 8.36. The van der Waals surface area contributed by atoms with Gasteiger partial charge in [0.1, 0.15) is 18.1 Å². The molecule has 1 fully saturated rings. The van der Waals surface area contributed by atoms with Crippen LogP contribution in [-0.4, -0.2) is 40.6 Å². The highest BCUT2D eigenvalue weighted by Crippen LogP contribution is 2.26. The van der Waals surface area contributed by atoms with Crippen LogP contribution in [0.3, 0.4) is 0 Å². The van der Waals surface area contributed by atoms with Crippen LogP contribution in [0.4, 0.5) is 15.8 Å². The van der Waals surface area contributed by atoms with E-state index in [-0.39, 0.29) is 17.1 Å². The maximum atomic E-state index is 13.6. The molecule has 0 radical (unpaired) electrons. The first-order valence-corrected chi connectivity index (χ1v) is 14.3. The van der Waals surface area contributed by atoms with E-state index in [1.54, 1.807) is 12.1 Å². The van der Waals surface area contributed by atoms with Gasteiger partial charge in [0, 0.05) is 25.3 Å². The summed E-state index contributed by atoms with van der Waals surface area (Å²) in [5.41, 5.74) is 2.26. The van der Waals surface area contributed by atoms with Crippen molar-refractivity contribution in [2.75, 3.05) is 35.4 Å². The molecule has 0 bridgehead atoms. The number of amides is 1. The number of anilines is 2. The SMILES string of the molecule is CCOc1ccc(S(=O)(=O)N(CC(=O)NCc2ccc(N3CCCC(C)C3)cc2)c2ccc(F)cc2)cc1. The van der Waals surface area contributed by atoms with E-state index >= 15 is 0 Å². The largest absolute Gasteiger partial charge is 0.494 e. The van der Waals surface area contributed by atoms with Gasteiger partial charge in [-0.25, -0.2) is 12.8 Å². The molecule has 0 aromatic heterocycles. The first kappa shape index (κ1) is 27.4. The molecule has 0 aliphatic carbocycles. The van der Waals surface area contributed by atoms with Gasteiger partial charge in [-0.1, -0.05) is 19.1 Å². The van der Waals surface area contributed by atoms with E-state index in [2.05, 4.69) is 29.3 Å². The molecule has 3 aromatic carbocycles. The van der Waals surface area contributed by atoms with E-state index in [9.17, 15) is 17.6 Å². The van der Waals surface area contributed by atoms with E-state index < -0.39 is 28.3 Å². The molecule has 1 N–H and O–H groups in total. The monoisotopic (exact) mass is 539 g/mol. The normalized spacial score (nSPS) is 15.7. The summed E-state index contributed by atoms with van der Waals surface area (Å²) in [5, 5.41) is 2.81. The van der Waals surface area contributed by atoms with Gasteiger partial charge in [-0.3, -0.25) is 9.10 Å². The molecule has 1 unspecified atom stereocenters. The smallest absolute Gasteiger partial charge is 0.264 e. The van der Waals surface area contributed by atoms with E-state index in [1.165, 1.54) is 49.2 Å². The van der Waals surface area contributed by atoms with E-state index in [1.807, 2.05) is 19.1 Å². The van der Waals surface area contributed by atoms with Gasteiger partial charge < -0.3 is 15.0 Å². The topological polar surface area (TPSA) is 79.0 Å². The van der Waals surface area contributed by atoms with Crippen LogP contribution >= 0.6 is 0 Å². The van der Waals surface area contributed by atoms with Gasteiger partial charge in [-0.05, 0) is 91.9 Å². The Morgan fingerprint density at radius 1 is 1.05 bits per heavy atom. The van der Waals surface area contributed by atoms with Gasteiger partial charge in [0.25, 0.3) is 10.0 Å². The average molecular weight is 540 g/mol. The number of carbonyl (C=O) groups excluding carboxylic acids is 1. The Balaban J connectivity index is 1.45. The lowest BCUT2D eigenvalue weighted by atomic mass is 9.99. The summed E-state index contributed by atoms with van der Waals surface area (Å²) in [4.78, 5) is 15.3. The summed E-state index contributed by atoms with van der Waals surface area (Å²) < 4.78 is 47.0. The highest BCUT2D eigenvalue weighted by atomic mass is 32.2. The fraction of sp³-hybridized carbons (Fsp3) is 0.345. The minimum absolute atomic E-state index is 0.000646. The number of hydrogen-bond donors (Lipinski definition) is 1. The van der Waals surface area contributed by atoms with Crippen molar-refractivity contribution in [3.63, 3.8) is 0 Å². The highest BCUT2D eigenvalue weighted by molar-refractivity contribution is 7.92. The van der Waals surface area contributed by atoms with Gasteiger partial charge in [-0.15, -0.1) is 0 Å². The fourth-order valence-corrected chi connectivity index (χ4v) is 5.98. The molecule has 1 aliphatic rings. The number of ether oxygens (including phenoxy) is 1. The summed E-state index contributed by atoms with van der Waals surface area (Å²) >= 11 is 0. The molecule has 3 aromatic rings. The quantitative estimate of drug-likeness (QED) is 0.394. The second-order valence-electron chi connectivity index (χ2n) is 9.53. The molecule has 1 amide bonds. The van der Waals surface area contributed by atoms with Crippen molar-refractivity contribution in [2.45, 2.75) is 38.1 Å². The van der Waals surface area contributed by atoms with Gasteiger partial charge in [0.2, 0.25) is 5.91 Å². The van der Waals surface area contributed by atoms with Crippen LogP contribution in [0.2, 0.25) is 0 Å². The third kappa shape index (κ3) is 6.83. The molecule has 0 saturated carbocycles. The van der Waals surface area contributed by atoms with Gasteiger partial charge >= 0.3 is 0 Å². The van der Waals surface area contributed by atoms with Crippen molar-refractivity contribution in [1.82, 2.24) is 5.32 Å². The molecular formula is C29H34FN3O4S.